The normalized spacial score (nSPS) is 11.4. The summed E-state index contributed by atoms with van der Waals surface area (Å²) in [6.45, 7) is 1.81. The van der Waals surface area contributed by atoms with E-state index in [2.05, 4.69) is 10.6 Å². The van der Waals surface area contributed by atoms with Crippen molar-refractivity contribution in [1.29, 1.82) is 0 Å². The van der Waals surface area contributed by atoms with Gasteiger partial charge in [0, 0.05) is 26.9 Å². The van der Waals surface area contributed by atoms with E-state index < -0.39 is 11.2 Å². The first-order chi connectivity index (χ1) is 17.8. The lowest BCUT2D eigenvalue weighted by atomic mass is 10.1. The molecular weight excluding hydrogens is 508 g/mol. The average molecular weight is 531 g/mol. The Labute approximate surface area is 223 Å². The zero-order valence-corrected chi connectivity index (χ0v) is 21.3. The number of hydrogen-bond acceptors (Lipinski definition) is 4. The fraction of sp³-hybridized carbons (Fsp3) is 0.0690. The first kappa shape index (κ1) is 26.0. The predicted molar refractivity (Wildman–Crippen MR) is 148 cm³/mol. The maximum atomic E-state index is 13.4. The van der Waals surface area contributed by atoms with Crippen molar-refractivity contribution < 1.29 is 19.5 Å². The van der Waals surface area contributed by atoms with Gasteiger partial charge in [0.05, 0.1) is 5.56 Å². The second-order valence-electron chi connectivity index (χ2n) is 8.22. The molecule has 0 saturated carbocycles. The highest BCUT2D eigenvalue weighted by Crippen LogP contribution is 2.37. The van der Waals surface area contributed by atoms with Crippen LogP contribution in [0.25, 0.3) is 0 Å². The van der Waals surface area contributed by atoms with Crippen LogP contribution in [0.1, 0.15) is 37.1 Å². The van der Waals surface area contributed by atoms with Crippen LogP contribution in [0.5, 0.6) is 0 Å². The maximum Gasteiger partial charge on any atom is 0.335 e. The van der Waals surface area contributed by atoms with Gasteiger partial charge in [-0.15, -0.1) is 11.8 Å². The number of carboxylic acid groups (broad SMARTS) is 1. The number of halogens is 1. The zero-order valence-electron chi connectivity index (χ0n) is 19.8. The predicted octanol–water partition coefficient (Wildman–Crippen LogP) is 7.07. The van der Waals surface area contributed by atoms with Gasteiger partial charge in [0.2, 0.25) is 5.91 Å². The van der Waals surface area contributed by atoms with Gasteiger partial charge in [-0.05, 0) is 72.6 Å². The number of amides is 2. The van der Waals surface area contributed by atoms with E-state index >= 15 is 0 Å². The third-order valence-corrected chi connectivity index (χ3v) is 7.04. The van der Waals surface area contributed by atoms with E-state index in [1.54, 1.807) is 42.5 Å². The smallest absolute Gasteiger partial charge is 0.335 e. The molecule has 1 atom stereocenters. The third-order valence-electron chi connectivity index (χ3n) is 5.54. The largest absolute Gasteiger partial charge is 0.478 e. The zero-order chi connectivity index (χ0) is 26.4. The van der Waals surface area contributed by atoms with E-state index in [-0.39, 0.29) is 17.4 Å². The molecule has 0 radical (unpaired) electrons. The molecule has 0 aliphatic heterocycles. The Morgan fingerprint density at radius 3 is 2.22 bits per heavy atom. The highest BCUT2D eigenvalue weighted by molar-refractivity contribution is 8.00. The number of anilines is 2. The fourth-order valence-corrected chi connectivity index (χ4v) is 4.79. The highest BCUT2D eigenvalue weighted by atomic mass is 35.5. The number of carbonyl (C=O) groups excluding carboxylic acids is 2. The number of carbonyl (C=O) groups is 3. The molecular formula is C29H23ClN2O4S. The lowest BCUT2D eigenvalue weighted by Gasteiger charge is -2.18. The third kappa shape index (κ3) is 6.78. The molecule has 0 spiro atoms. The van der Waals surface area contributed by atoms with Crippen molar-refractivity contribution in [3.63, 3.8) is 0 Å². The van der Waals surface area contributed by atoms with E-state index in [0.717, 1.165) is 16.0 Å². The minimum absolute atomic E-state index is 0.0974. The van der Waals surface area contributed by atoms with Crippen molar-refractivity contribution in [2.24, 2.45) is 0 Å². The maximum absolute atomic E-state index is 13.4. The molecule has 2 amide bonds. The molecule has 37 heavy (non-hydrogen) atoms. The van der Waals surface area contributed by atoms with Gasteiger partial charge in [0.25, 0.3) is 5.91 Å². The van der Waals surface area contributed by atoms with E-state index in [0.29, 0.717) is 22.0 Å². The van der Waals surface area contributed by atoms with Crippen molar-refractivity contribution in [1.82, 2.24) is 0 Å². The Bertz CT molecular complexity index is 1440. The van der Waals surface area contributed by atoms with Crippen LogP contribution >= 0.6 is 23.4 Å². The molecule has 1 unspecified atom stereocenters. The van der Waals surface area contributed by atoms with Gasteiger partial charge in [0.1, 0.15) is 5.25 Å². The van der Waals surface area contributed by atoms with Gasteiger partial charge in [-0.1, -0.05) is 54.1 Å². The standard InChI is InChI=1S/C29H23ClN2O4S/c1-18-10-11-21(29(35)36)17-25(18)32-28(34)26(19-6-3-2-4-7-19)37-24-14-12-23(13-15-24)31-27(33)20-8-5-9-22(30)16-20/h2-17,26H,1H3,(H,31,33)(H,32,34)(H,35,36). The molecule has 4 aromatic carbocycles. The number of nitrogens with one attached hydrogen (secondary N) is 2. The number of hydrogen-bond donors (Lipinski definition) is 3. The molecule has 0 bridgehead atoms. The van der Waals surface area contributed by atoms with Crippen LogP contribution in [0.15, 0.2) is 102 Å². The van der Waals surface area contributed by atoms with Crippen molar-refractivity contribution in [2.45, 2.75) is 17.1 Å². The van der Waals surface area contributed by atoms with Crippen LogP contribution < -0.4 is 10.6 Å². The van der Waals surface area contributed by atoms with Crippen LogP contribution in [0.2, 0.25) is 5.02 Å². The van der Waals surface area contributed by atoms with Crippen molar-refractivity contribution in [2.75, 3.05) is 10.6 Å². The van der Waals surface area contributed by atoms with Gasteiger partial charge in [-0.25, -0.2) is 4.79 Å². The monoisotopic (exact) mass is 530 g/mol. The Kier molecular flexibility index (Phi) is 8.28. The number of thioether (sulfide) groups is 1. The molecule has 6 nitrogen and oxygen atoms in total. The van der Waals surface area contributed by atoms with Crippen molar-refractivity contribution in [3.05, 3.63) is 124 Å². The van der Waals surface area contributed by atoms with E-state index in [4.69, 9.17) is 11.6 Å². The SMILES string of the molecule is Cc1ccc(C(=O)O)cc1NC(=O)C(Sc1ccc(NC(=O)c2cccc(Cl)c2)cc1)c1ccccc1. The van der Waals surface area contributed by atoms with Crippen LogP contribution in [0, 0.1) is 6.92 Å². The Morgan fingerprint density at radius 1 is 0.811 bits per heavy atom. The number of aryl methyl sites for hydroxylation is 1. The van der Waals surface area contributed by atoms with Crippen LogP contribution in [-0.2, 0) is 4.79 Å². The molecule has 8 heteroatoms. The molecule has 0 saturated heterocycles. The summed E-state index contributed by atoms with van der Waals surface area (Å²) in [4.78, 5) is 38.1. The Hall–Kier alpha value is -4.07. The molecule has 0 heterocycles. The van der Waals surface area contributed by atoms with Gasteiger partial charge in [0.15, 0.2) is 0 Å². The minimum atomic E-state index is -1.06. The number of aromatic carboxylic acids is 1. The Balaban J connectivity index is 1.52. The first-order valence-corrected chi connectivity index (χ1v) is 12.6. The highest BCUT2D eigenvalue weighted by Gasteiger charge is 2.23. The van der Waals surface area contributed by atoms with Crippen LogP contribution in [0.3, 0.4) is 0 Å². The number of carboxylic acids is 1. The summed E-state index contributed by atoms with van der Waals surface area (Å²) in [7, 11) is 0. The fourth-order valence-electron chi connectivity index (χ4n) is 3.57. The summed E-state index contributed by atoms with van der Waals surface area (Å²) < 4.78 is 0. The van der Waals surface area contributed by atoms with E-state index in [9.17, 15) is 19.5 Å². The summed E-state index contributed by atoms with van der Waals surface area (Å²) in [5, 5.41) is 14.9. The summed E-state index contributed by atoms with van der Waals surface area (Å²) in [5.74, 6) is -1.62. The van der Waals surface area contributed by atoms with E-state index in [1.807, 2.05) is 49.4 Å². The topological polar surface area (TPSA) is 95.5 Å². The van der Waals surface area contributed by atoms with E-state index in [1.165, 1.54) is 23.9 Å². The number of benzene rings is 4. The first-order valence-electron chi connectivity index (χ1n) is 11.3. The minimum Gasteiger partial charge on any atom is -0.478 e. The molecule has 0 aliphatic rings. The second kappa shape index (κ2) is 11.8. The molecule has 4 rings (SSSR count). The van der Waals surface area contributed by atoms with Crippen molar-refractivity contribution >= 4 is 52.5 Å². The lowest BCUT2D eigenvalue weighted by Crippen LogP contribution is -2.20. The summed E-state index contributed by atoms with van der Waals surface area (Å²) >= 11 is 7.33. The summed E-state index contributed by atoms with van der Waals surface area (Å²) in [5.41, 5.74) is 3.17. The van der Waals surface area contributed by atoms with Crippen LogP contribution in [-0.4, -0.2) is 22.9 Å². The molecule has 0 aliphatic carbocycles. The second-order valence-corrected chi connectivity index (χ2v) is 9.84. The number of rotatable bonds is 8. The van der Waals surface area contributed by atoms with Crippen molar-refractivity contribution in [3.8, 4) is 0 Å². The summed E-state index contributed by atoms with van der Waals surface area (Å²) in [6.07, 6.45) is 0. The van der Waals surface area contributed by atoms with Gasteiger partial charge in [-0.3, -0.25) is 9.59 Å². The van der Waals surface area contributed by atoms with Crippen LogP contribution in [0.4, 0.5) is 11.4 Å². The quantitative estimate of drug-likeness (QED) is 0.212. The summed E-state index contributed by atoms with van der Waals surface area (Å²) in [6, 6.07) is 27.9. The van der Waals surface area contributed by atoms with Gasteiger partial charge >= 0.3 is 5.97 Å². The lowest BCUT2D eigenvalue weighted by molar-refractivity contribution is -0.115. The molecule has 4 aromatic rings. The Morgan fingerprint density at radius 2 is 1.54 bits per heavy atom. The molecule has 3 N–H and O–H groups in total. The molecule has 186 valence electrons. The molecule has 0 aromatic heterocycles. The van der Waals surface area contributed by atoms with Gasteiger partial charge in [-0.2, -0.15) is 0 Å². The average Bonchev–Trinajstić information content (AvgIpc) is 2.89. The molecule has 0 fully saturated rings. The van der Waals surface area contributed by atoms with Gasteiger partial charge < -0.3 is 15.7 Å².